The monoisotopic (exact) mass is 1490 g/mol. The van der Waals surface area contributed by atoms with E-state index < -0.39 is 41.9 Å². The predicted molar refractivity (Wildman–Crippen MR) is 378 cm³/mol. The summed E-state index contributed by atoms with van der Waals surface area (Å²) in [7, 11) is 0. The zero-order valence-electron chi connectivity index (χ0n) is 58.4. The molecule has 0 saturated carbocycles. The first-order chi connectivity index (χ1) is 44.6. The van der Waals surface area contributed by atoms with Crippen molar-refractivity contribution in [2.24, 2.45) is 9.98 Å². The maximum absolute atomic E-state index is 14.1. The van der Waals surface area contributed by atoms with Crippen molar-refractivity contribution in [1.82, 2.24) is 9.80 Å². The molecule has 22 heteroatoms. The molecule has 2 aliphatic heterocycles. The van der Waals surface area contributed by atoms with E-state index in [-0.39, 0.29) is 125 Å². The van der Waals surface area contributed by atoms with Gasteiger partial charge < -0.3 is 44.4 Å². The van der Waals surface area contributed by atoms with E-state index in [0.717, 1.165) is 74.2 Å². The molecule has 0 unspecified atom stereocenters. The molecule has 0 radical (unpaired) electrons. The largest absolute Gasteiger partial charge is 4.00 e. The molecule has 0 N–H and O–H groups in total. The molecule has 4 aliphatic rings. The van der Waals surface area contributed by atoms with Crippen LogP contribution >= 0.6 is 23.2 Å². The average Bonchev–Trinajstić information content (AvgIpc) is 0.788. The summed E-state index contributed by atoms with van der Waals surface area (Å²) < 4.78 is 144. The number of nitrogens with zero attached hydrogens (tertiary/aromatic N) is 8. The van der Waals surface area contributed by atoms with Gasteiger partial charge in [0.25, 0.3) is 0 Å². The molecular weight excluding hydrogens is 1410 g/mol. The molecule has 2 saturated heterocycles. The summed E-state index contributed by atoms with van der Waals surface area (Å²) in [4.78, 5) is 14.3. The van der Waals surface area contributed by atoms with Gasteiger partial charge in [-0.15, -0.1) is 0 Å². The predicted octanol–water partition coefficient (Wildman–Crippen LogP) is 23.3. The number of halogens is 12. The van der Waals surface area contributed by atoms with Gasteiger partial charge in [0, 0.05) is 25.3 Å². The maximum Gasteiger partial charge on any atom is 4.00 e. The Morgan fingerprint density at radius 3 is 1.29 bits per heavy atom. The number of aryl methyl sites for hydroxylation is 4. The minimum absolute atomic E-state index is 0. The SMILES string of the molecule is CC(=Nc1c(C(C)C)cccc1C(C)C)N1[CH-][N+](=C([N-]c2c(C)cc(C)cc2Cl)[C-]2C=C(CF)[CH-]C(C(F)(F)F)=C2)CCC1.Cc1cc(C)c([N-]C([C-]2C=C(C(F)(F)F)[CH-]C(C(F)(F)F)=C2)=[N+]2[CH-]N(C(=Nc3c(C(C)C)cccc3C(C)C)c3ccccc3)CCC2)c(Cl)c1.[CH3-].[CH3-].[Fe+4].[Fe+4]. The Balaban J connectivity index is 0.000000408. The molecule has 0 amide bonds. The Hall–Kier alpha value is -6.92. The number of allylic oxidation sites excluding steroid dienone is 4. The second-order valence-electron chi connectivity index (χ2n) is 25.4. The topological polar surface area (TPSA) is 65.4 Å². The number of para-hydroxylation sites is 2. The van der Waals surface area contributed by atoms with E-state index >= 15 is 0 Å². The van der Waals surface area contributed by atoms with Gasteiger partial charge in [0.15, 0.2) is 0 Å². The molecule has 534 valence electrons. The first-order valence-electron chi connectivity index (χ1n) is 31.6. The van der Waals surface area contributed by atoms with Crippen molar-refractivity contribution >= 4 is 69.3 Å². The molecule has 99 heavy (non-hydrogen) atoms. The van der Waals surface area contributed by atoms with Crippen LogP contribution in [0.25, 0.3) is 10.6 Å². The number of aliphatic imine (C=N–C) groups is 2. The first-order valence-corrected chi connectivity index (χ1v) is 32.4. The van der Waals surface area contributed by atoms with Crippen LogP contribution < -0.4 is 0 Å². The van der Waals surface area contributed by atoms with Gasteiger partial charge in [-0.05, 0) is 141 Å². The molecule has 5 aromatic carbocycles. The fraction of sp³-hybridized carbons (Fsp3) is 0.351. The van der Waals surface area contributed by atoms with Crippen LogP contribution in [0.15, 0.2) is 148 Å². The summed E-state index contributed by atoms with van der Waals surface area (Å²) in [6.07, 6.45) is -8.72. The van der Waals surface area contributed by atoms with Crippen LogP contribution in [0.2, 0.25) is 10.0 Å². The molecule has 8 nitrogen and oxygen atoms in total. The van der Waals surface area contributed by atoms with Crippen LogP contribution in [-0.2, 0) is 34.1 Å². The van der Waals surface area contributed by atoms with Crippen molar-refractivity contribution in [2.75, 3.05) is 32.9 Å². The third-order valence-corrected chi connectivity index (χ3v) is 17.0. The van der Waals surface area contributed by atoms with Gasteiger partial charge in [0.05, 0.1) is 38.6 Å². The van der Waals surface area contributed by atoms with Crippen molar-refractivity contribution in [2.45, 2.75) is 145 Å². The smallest absolute Gasteiger partial charge is 0.486 e. The van der Waals surface area contributed by atoms with Gasteiger partial charge in [0.2, 0.25) is 0 Å². The Bertz CT molecular complexity index is 3750. The number of rotatable bonds is 12. The maximum atomic E-state index is 14.1. The van der Waals surface area contributed by atoms with Crippen LogP contribution in [-0.4, -0.2) is 93.7 Å². The molecule has 2 heterocycles. The number of benzene rings is 5. The van der Waals surface area contributed by atoms with Gasteiger partial charge in [-0.1, -0.05) is 182 Å². The summed E-state index contributed by atoms with van der Waals surface area (Å²) in [5.41, 5.74) is 6.98. The van der Waals surface area contributed by atoms with Crippen molar-refractivity contribution in [3.63, 3.8) is 0 Å². The van der Waals surface area contributed by atoms with Gasteiger partial charge in [-0.25, -0.2) is 15.6 Å². The van der Waals surface area contributed by atoms with Crippen LogP contribution in [0, 0.1) is 80.6 Å². The molecule has 2 aliphatic carbocycles. The van der Waals surface area contributed by atoms with Crippen molar-refractivity contribution in [3.05, 3.63) is 261 Å². The number of alkyl halides is 10. The van der Waals surface area contributed by atoms with Crippen molar-refractivity contribution in [3.8, 4) is 0 Å². The van der Waals surface area contributed by atoms with Crippen LogP contribution in [0.1, 0.15) is 149 Å². The summed E-state index contributed by atoms with van der Waals surface area (Å²) in [5.74, 6) is 2.15. The Morgan fingerprint density at radius 2 is 0.909 bits per heavy atom. The first kappa shape index (κ1) is 84.5. The third kappa shape index (κ3) is 21.1. The molecule has 0 spiro atoms. The minimum Gasteiger partial charge on any atom is -0.486 e. The number of hydrogen-bond acceptors (Lipinski definition) is 2. The second-order valence-corrected chi connectivity index (χ2v) is 26.2. The van der Waals surface area contributed by atoms with Crippen molar-refractivity contribution < 1.29 is 87.2 Å². The van der Waals surface area contributed by atoms with Gasteiger partial charge in [0.1, 0.15) is 5.84 Å². The molecule has 0 aromatic heterocycles. The minimum atomic E-state index is -5.04. The number of hydrogen-bond donors (Lipinski definition) is 0. The number of amidine groups is 4. The van der Waals surface area contributed by atoms with Gasteiger partial charge in [-0.2, -0.15) is 56.2 Å². The fourth-order valence-electron chi connectivity index (χ4n) is 11.7. The summed E-state index contributed by atoms with van der Waals surface area (Å²) in [6, 6.07) is 29.0. The fourth-order valence-corrected chi connectivity index (χ4v) is 12.4. The van der Waals surface area contributed by atoms with Crippen molar-refractivity contribution in [1.29, 1.82) is 0 Å². The zero-order chi connectivity index (χ0) is 69.6. The molecule has 5 aromatic rings. The summed E-state index contributed by atoms with van der Waals surface area (Å²) in [5, 5.41) is 10.2. The standard InChI is InChI=1S/C40H40ClF6N4.C35H40ClF4N4.2CH3.2Fe/c1-24(2)32-14-10-15-33(25(3)4)36(32)49-37(28-12-8-7-9-13-28)50-16-11-17-51(23-50)38(48-35-27(6)18-26(5)19-34(35)41)29-20-30(39(42,43)44)22-31(21-29)40(45,46)47;1-21(2)29-10-8-11-30(22(3)4)33(29)41-25(7)43-12-9-13-44(20-43)34(42-32-24(6)14-23(5)15-31(32)36)27-16-26(19-37)17-28(18-27)35(38,39)40;;;;/h7-10,12-15,18-25H,11,16-17H2,1-6H3;8,10-11,14-18,20-22H,9,12-13,19H2,1-7H3;2*1H3;;/q2*-3;2*-1;2*+4. The molecule has 2 fully saturated rings. The molecule has 9 rings (SSSR count). The Morgan fingerprint density at radius 1 is 0.535 bits per heavy atom. The quantitative estimate of drug-likeness (QED) is 0.0312. The van der Waals surface area contributed by atoms with E-state index in [4.69, 9.17) is 43.8 Å². The second kappa shape index (κ2) is 35.6. The van der Waals surface area contributed by atoms with Crippen LogP contribution in [0.3, 0.4) is 0 Å². The van der Waals surface area contributed by atoms with E-state index in [0.29, 0.717) is 66.7 Å². The van der Waals surface area contributed by atoms with Crippen LogP contribution in [0.5, 0.6) is 0 Å². The average molecular weight is 1500 g/mol. The Kier molecular flexibility index (Phi) is 30.4. The van der Waals surface area contributed by atoms with Crippen LogP contribution in [0.4, 0.5) is 66.7 Å². The summed E-state index contributed by atoms with van der Waals surface area (Å²) in [6.45, 7) is 30.6. The van der Waals surface area contributed by atoms with E-state index in [2.05, 4.69) is 85.7 Å². The van der Waals surface area contributed by atoms with Gasteiger partial charge >= 0.3 is 52.7 Å². The Labute approximate surface area is 611 Å². The van der Waals surface area contributed by atoms with E-state index in [1.165, 1.54) is 6.08 Å². The normalized spacial score (nSPS) is 16.4. The van der Waals surface area contributed by atoms with E-state index in [1.807, 2.05) is 91.2 Å². The molecule has 0 atom stereocenters. The molecule has 0 bridgehead atoms. The molecular formula is C77H86Cl2F10Fe2N8. The summed E-state index contributed by atoms with van der Waals surface area (Å²) >= 11 is 13.2. The van der Waals surface area contributed by atoms with E-state index in [9.17, 15) is 43.9 Å². The van der Waals surface area contributed by atoms with E-state index in [1.54, 1.807) is 36.4 Å². The zero-order valence-corrected chi connectivity index (χ0v) is 62.1. The van der Waals surface area contributed by atoms with Gasteiger partial charge in [-0.3, -0.25) is 53.4 Å². The third-order valence-electron chi connectivity index (χ3n) is 16.4.